The Morgan fingerprint density at radius 1 is 1.08 bits per heavy atom. The highest BCUT2D eigenvalue weighted by Crippen LogP contribution is 2.37. The molecule has 0 saturated heterocycles. The molecule has 0 spiro atoms. The molecule has 4 aromatic rings. The third-order valence-electron chi connectivity index (χ3n) is 3.85. The first-order valence-corrected chi connectivity index (χ1v) is 7.24. The summed E-state index contributed by atoms with van der Waals surface area (Å²) in [6.45, 7) is 0. The second-order valence-electron chi connectivity index (χ2n) is 5.21. The minimum atomic E-state index is -0.933. The summed E-state index contributed by atoms with van der Waals surface area (Å²) in [6, 6.07) is 7.69. The number of nitrogens with zero attached hydrogens (tertiary/aromatic N) is 2. The summed E-state index contributed by atoms with van der Waals surface area (Å²) in [4.78, 5) is 7.44. The van der Waals surface area contributed by atoms with Crippen molar-refractivity contribution in [2.75, 3.05) is 12.4 Å². The minimum absolute atomic E-state index is 0.0976. The van der Waals surface area contributed by atoms with Crippen LogP contribution in [0.4, 0.5) is 14.6 Å². The van der Waals surface area contributed by atoms with Crippen molar-refractivity contribution in [3.05, 3.63) is 54.4 Å². The summed E-state index contributed by atoms with van der Waals surface area (Å²) < 4.78 is 33.0. The first-order chi connectivity index (χ1) is 11.7. The SMILES string of the molecule is CNc1ccc2c(-c3oncc3-c3cccc(F)c3F)c[nH]c2n1. The van der Waals surface area contributed by atoms with Crippen molar-refractivity contribution in [1.82, 2.24) is 15.1 Å². The fraction of sp³-hybridized carbons (Fsp3) is 0.0588. The third kappa shape index (κ3) is 2.13. The molecule has 0 atom stereocenters. The largest absolute Gasteiger partial charge is 0.373 e. The van der Waals surface area contributed by atoms with Gasteiger partial charge in [-0.1, -0.05) is 17.3 Å². The van der Waals surface area contributed by atoms with Crippen LogP contribution in [0.1, 0.15) is 0 Å². The predicted octanol–water partition coefficient (Wildman–Crippen LogP) is 4.20. The number of nitrogens with one attached hydrogen (secondary N) is 2. The van der Waals surface area contributed by atoms with Crippen LogP contribution < -0.4 is 5.32 Å². The molecule has 0 saturated carbocycles. The quantitative estimate of drug-likeness (QED) is 0.592. The van der Waals surface area contributed by atoms with Gasteiger partial charge in [-0.15, -0.1) is 0 Å². The molecular weight excluding hydrogens is 314 g/mol. The van der Waals surface area contributed by atoms with E-state index in [1.54, 1.807) is 13.2 Å². The van der Waals surface area contributed by atoms with Crippen LogP contribution >= 0.6 is 0 Å². The molecule has 0 bridgehead atoms. The van der Waals surface area contributed by atoms with E-state index in [0.717, 1.165) is 11.5 Å². The van der Waals surface area contributed by atoms with Crippen LogP contribution in [0.5, 0.6) is 0 Å². The molecule has 0 aliphatic heterocycles. The third-order valence-corrected chi connectivity index (χ3v) is 3.85. The van der Waals surface area contributed by atoms with E-state index >= 15 is 0 Å². The van der Waals surface area contributed by atoms with E-state index in [0.29, 0.717) is 28.4 Å². The number of hydrogen-bond donors (Lipinski definition) is 2. The molecule has 5 nitrogen and oxygen atoms in total. The highest BCUT2D eigenvalue weighted by molar-refractivity contribution is 5.96. The van der Waals surface area contributed by atoms with Crippen molar-refractivity contribution in [3.8, 4) is 22.5 Å². The number of aromatic nitrogens is 3. The van der Waals surface area contributed by atoms with Gasteiger partial charge in [-0.2, -0.15) is 0 Å². The molecule has 2 N–H and O–H groups in total. The van der Waals surface area contributed by atoms with Crippen LogP contribution in [0.2, 0.25) is 0 Å². The summed E-state index contributed by atoms with van der Waals surface area (Å²) in [5.74, 6) is -0.786. The molecule has 0 amide bonds. The van der Waals surface area contributed by atoms with Crippen molar-refractivity contribution in [3.63, 3.8) is 0 Å². The summed E-state index contributed by atoms with van der Waals surface area (Å²) in [5.41, 5.74) is 1.81. The van der Waals surface area contributed by atoms with Crippen LogP contribution in [-0.4, -0.2) is 22.2 Å². The Balaban J connectivity index is 1.91. The van der Waals surface area contributed by atoms with Gasteiger partial charge in [-0.25, -0.2) is 13.8 Å². The summed E-state index contributed by atoms with van der Waals surface area (Å²) >= 11 is 0. The van der Waals surface area contributed by atoms with Crippen LogP contribution in [0.25, 0.3) is 33.5 Å². The normalized spacial score (nSPS) is 11.1. The molecule has 120 valence electrons. The van der Waals surface area contributed by atoms with Gasteiger partial charge in [-0.3, -0.25) is 0 Å². The van der Waals surface area contributed by atoms with Crippen molar-refractivity contribution >= 4 is 16.9 Å². The number of hydrogen-bond acceptors (Lipinski definition) is 4. The Morgan fingerprint density at radius 3 is 2.79 bits per heavy atom. The predicted molar refractivity (Wildman–Crippen MR) is 86.5 cm³/mol. The first-order valence-electron chi connectivity index (χ1n) is 7.24. The molecule has 3 heterocycles. The highest BCUT2D eigenvalue weighted by atomic mass is 19.2. The van der Waals surface area contributed by atoms with E-state index < -0.39 is 11.6 Å². The minimum Gasteiger partial charge on any atom is -0.373 e. The molecule has 0 unspecified atom stereocenters. The van der Waals surface area contributed by atoms with Crippen LogP contribution in [-0.2, 0) is 0 Å². The van der Waals surface area contributed by atoms with Gasteiger partial charge in [0.2, 0.25) is 0 Å². The maximum atomic E-state index is 14.1. The standard InChI is InChI=1S/C17H12F2N4O/c1-20-14-6-5-10-11(7-21-17(10)23-14)16-12(8-22-24-16)9-3-2-4-13(18)15(9)19/h2-8H,1H3,(H2,20,21,23). The lowest BCUT2D eigenvalue weighted by atomic mass is 10.0. The Labute approximate surface area is 135 Å². The number of halogens is 2. The van der Waals surface area contributed by atoms with Crippen molar-refractivity contribution < 1.29 is 13.3 Å². The van der Waals surface area contributed by atoms with E-state index in [2.05, 4.69) is 20.4 Å². The van der Waals surface area contributed by atoms with Gasteiger partial charge in [0.05, 0.1) is 11.8 Å². The average Bonchev–Trinajstić information content (AvgIpc) is 3.22. The van der Waals surface area contributed by atoms with Crippen molar-refractivity contribution in [2.45, 2.75) is 0 Å². The number of H-pyrrole nitrogens is 1. The molecule has 7 heteroatoms. The topological polar surface area (TPSA) is 66.7 Å². The molecule has 0 aliphatic carbocycles. The summed E-state index contributed by atoms with van der Waals surface area (Å²) in [5, 5.41) is 7.51. The zero-order valence-electron chi connectivity index (χ0n) is 12.6. The van der Waals surface area contributed by atoms with E-state index in [9.17, 15) is 8.78 Å². The Kier molecular flexibility index (Phi) is 3.26. The number of anilines is 1. The number of rotatable bonds is 3. The van der Waals surface area contributed by atoms with Gasteiger partial charge in [0.1, 0.15) is 11.5 Å². The fourth-order valence-corrected chi connectivity index (χ4v) is 2.67. The molecule has 1 aromatic carbocycles. The van der Waals surface area contributed by atoms with Crippen molar-refractivity contribution in [1.29, 1.82) is 0 Å². The van der Waals surface area contributed by atoms with Gasteiger partial charge in [-0.05, 0) is 18.2 Å². The monoisotopic (exact) mass is 326 g/mol. The Hall–Kier alpha value is -3.22. The molecule has 0 fully saturated rings. The highest BCUT2D eigenvalue weighted by Gasteiger charge is 2.20. The number of aromatic amines is 1. The summed E-state index contributed by atoms with van der Waals surface area (Å²) in [6.07, 6.45) is 3.08. The van der Waals surface area contributed by atoms with Gasteiger partial charge in [0.15, 0.2) is 17.4 Å². The average molecular weight is 326 g/mol. The first kappa shape index (κ1) is 14.4. The Morgan fingerprint density at radius 2 is 1.96 bits per heavy atom. The van der Waals surface area contributed by atoms with Gasteiger partial charge in [0.25, 0.3) is 0 Å². The van der Waals surface area contributed by atoms with Crippen LogP contribution in [0.3, 0.4) is 0 Å². The summed E-state index contributed by atoms with van der Waals surface area (Å²) in [7, 11) is 1.78. The smallest absolute Gasteiger partial charge is 0.176 e. The zero-order chi connectivity index (χ0) is 16.7. The lowest BCUT2D eigenvalue weighted by Crippen LogP contribution is -1.91. The van der Waals surface area contributed by atoms with E-state index in [4.69, 9.17) is 4.52 Å². The number of benzene rings is 1. The Bertz CT molecular complexity index is 1040. The van der Waals surface area contributed by atoms with E-state index in [1.165, 1.54) is 18.3 Å². The molecular formula is C17H12F2N4O. The number of pyridine rings is 1. The van der Waals surface area contributed by atoms with Gasteiger partial charge in [0, 0.05) is 29.8 Å². The molecule has 3 aromatic heterocycles. The maximum Gasteiger partial charge on any atom is 0.176 e. The van der Waals surface area contributed by atoms with Crippen LogP contribution in [0.15, 0.2) is 47.2 Å². The molecule has 24 heavy (non-hydrogen) atoms. The molecule has 0 radical (unpaired) electrons. The van der Waals surface area contributed by atoms with Crippen molar-refractivity contribution in [2.24, 2.45) is 0 Å². The maximum absolute atomic E-state index is 14.1. The van der Waals surface area contributed by atoms with Gasteiger partial charge >= 0.3 is 0 Å². The van der Waals surface area contributed by atoms with E-state index in [1.807, 2.05) is 12.1 Å². The van der Waals surface area contributed by atoms with E-state index in [-0.39, 0.29) is 5.56 Å². The van der Waals surface area contributed by atoms with Crippen LogP contribution in [0, 0.1) is 11.6 Å². The second kappa shape index (κ2) is 5.45. The molecule has 0 aliphatic rings. The number of fused-ring (bicyclic) bond motifs is 1. The van der Waals surface area contributed by atoms with Gasteiger partial charge < -0.3 is 14.8 Å². The lowest BCUT2D eigenvalue weighted by Gasteiger charge is -2.03. The second-order valence-corrected chi connectivity index (χ2v) is 5.21. The lowest BCUT2D eigenvalue weighted by molar-refractivity contribution is 0.432. The molecule has 4 rings (SSSR count). The zero-order valence-corrected chi connectivity index (χ0v) is 12.6. The fourth-order valence-electron chi connectivity index (χ4n) is 2.67.